The summed E-state index contributed by atoms with van der Waals surface area (Å²) < 4.78 is 27.8. The molecule has 2 aliphatic carbocycles. The number of rotatable bonds is 3. The Labute approximate surface area is 129 Å². The summed E-state index contributed by atoms with van der Waals surface area (Å²) in [5, 5.41) is 10.8. The molecule has 2 fully saturated rings. The molecule has 1 N–H and O–H groups in total. The van der Waals surface area contributed by atoms with E-state index in [-0.39, 0.29) is 23.4 Å². The van der Waals surface area contributed by atoms with Gasteiger partial charge in [0, 0.05) is 5.92 Å². The van der Waals surface area contributed by atoms with Crippen molar-refractivity contribution in [3.63, 3.8) is 0 Å². The first-order valence-corrected chi connectivity index (χ1v) is 9.77. The topological polar surface area (TPSA) is 63.6 Å². The summed E-state index contributed by atoms with van der Waals surface area (Å²) in [7, 11) is -3.48. The highest BCUT2D eigenvalue weighted by Gasteiger charge is 2.58. The van der Waals surface area contributed by atoms with Crippen molar-refractivity contribution in [1.82, 2.24) is 0 Å². The summed E-state index contributed by atoms with van der Waals surface area (Å²) in [5.74, 6) is 0.366. The van der Waals surface area contributed by atoms with Gasteiger partial charge in [-0.05, 0) is 49.4 Å². The molecule has 0 aromatic rings. The lowest BCUT2D eigenvalue weighted by molar-refractivity contribution is -0.175. The molecule has 0 aliphatic heterocycles. The largest absolute Gasteiger partial charge is 0.390 e. The Balaban J connectivity index is 2.32. The molecule has 0 amide bonds. The van der Waals surface area contributed by atoms with Gasteiger partial charge in [-0.3, -0.25) is 4.18 Å². The van der Waals surface area contributed by atoms with Gasteiger partial charge in [-0.25, -0.2) is 0 Å². The van der Waals surface area contributed by atoms with Gasteiger partial charge >= 0.3 is 0 Å². The van der Waals surface area contributed by atoms with E-state index in [9.17, 15) is 13.5 Å². The van der Waals surface area contributed by atoms with Crippen LogP contribution in [0.4, 0.5) is 0 Å². The third kappa shape index (κ3) is 3.30. The highest BCUT2D eigenvalue weighted by Crippen LogP contribution is 2.61. The van der Waals surface area contributed by atoms with Crippen molar-refractivity contribution < 1.29 is 17.7 Å². The first-order valence-electron chi connectivity index (χ1n) is 7.95. The molecule has 0 spiro atoms. The number of aliphatic hydroxyl groups is 1. The quantitative estimate of drug-likeness (QED) is 0.813. The molecule has 124 valence electrons. The molecule has 21 heavy (non-hydrogen) atoms. The van der Waals surface area contributed by atoms with Crippen LogP contribution in [0.1, 0.15) is 59.8 Å². The van der Waals surface area contributed by atoms with E-state index in [1.807, 2.05) is 6.92 Å². The van der Waals surface area contributed by atoms with E-state index in [0.717, 1.165) is 25.5 Å². The summed E-state index contributed by atoms with van der Waals surface area (Å²) in [6.07, 6.45) is 6.17. The monoisotopic (exact) mass is 318 g/mol. The number of fused-ring (bicyclic) bond motifs is 1. The Kier molecular flexibility index (Phi) is 4.27. The molecule has 1 unspecified atom stereocenters. The van der Waals surface area contributed by atoms with Gasteiger partial charge in [-0.15, -0.1) is 0 Å². The molecule has 4 nitrogen and oxygen atoms in total. The maximum atomic E-state index is 11.4. The Morgan fingerprint density at radius 3 is 2.33 bits per heavy atom. The minimum Gasteiger partial charge on any atom is -0.390 e. The molecule has 2 rings (SSSR count). The average Bonchev–Trinajstić information content (AvgIpc) is 2.23. The maximum absolute atomic E-state index is 11.4. The first-order chi connectivity index (χ1) is 9.39. The molecule has 0 bridgehead atoms. The lowest BCUT2D eigenvalue weighted by Crippen LogP contribution is -2.59. The van der Waals surface area contributed by atoms with Crippen LogP contribution in [-0.4, -0.2) is 32.0 Å². The van der Waals surface area contributed by atoms with Crippen molar-refractivity contribution >= 4 is 10.1 Å². The van der Waals surface area contributed by atoms with E-state index in [2.05, 4.69) is 20.8 Å². The van der Waals surface area contributed by atoms with Gasteiger partial charge in [-0.1, -0.05) is 27.2 Å². The van der Waals surface area contributed by atoms with Crippen molar-refractivity contribution in [1.29, 1.82) is 0 Å². The summed E-state index contributed by atoms with van der Waals surface area (Å²) in [6, 6.07) is 0. The highest BCUT2D eigenvalue weighted by molar-refractivity contribution is 7.85. The molecule has 5 heteroatoms. The standard InChI is InChI=1S/C16H30O4S/c1-14(2)8-6-9-15(3)12(14)7-10-16(4,17)13(15)11-20-21(5,18)19/h12-13,17H,6-11H2,1-5H3/t12?,13-,15+,16-/m1/s1. The second-order valence-electron chi connectivity index (χ2n) is 8.34. The lowest BCUT2D eigenvalue weighted by Gasteiger charge is -2.60. The van der Waals surface area contributed by atoms with Crippen LogP contribution in [0.25, 0.3) is 0 Å². The van der Waals surface area contributed by atoms with Crippen molar-refractivity contribution in [2.75, 3.05) is 12.9 Å². The SMILES string of the molecule is CC1(C)CCC[C@@]2(C)C1CC[C@@](C)(O)[C@@H]2COS(C)(=O)=O. The highest BCUT2D eigenvalue weighted by atomic mass is 32.2. The minimum atomic E-state index is -3.48. The van der Waals surface area contributed by atoms with Gasteiger partial charge in [0.05, 0.1) is 18.5 Å². The van der Waals surface area contributed by atoms with Crippen molar-refractivity contribution in [2.24, 2.45) is 22.7 Å². The molecule has 0 aromatic carbocycles. The Morgan fingerprint density at radius 2 is 1.76 bits per heavy atom. The van der Waals surface area contributed by atoms with E-state index >= 15 is 0 Å². The van der Waals surface area contributed by atoms with Crippen LogP contribution in [-0.2, 0) is 14.3 Å². The molecule has 0 aromatic heterocycles. The summed E-state index contributed by atoms with van der Waals surface area (Å²) in [6.45, 7) is 8.77. The van der Waals surface area contributed by atoms with Crippen LogP contribution in [0, 0.1) is 22.7 Å². The van der Waals surface area contributed by atoms with E-state index in [1.165, 1.54) is 6.42 Å². The van der Waals surface area contributed by atoms with Crippen LogP contribution in [0.5, 0.6) is 0 Å². The van der Waals surface area contributed by atoms with Crippen molar-refractivity contribution in [3.8, 4) is 0 Å². The minimum absolute atomic E-state index is 0.0613. The Bertz CT molecular complexity index is 494. The molecule has 0 saturated heterocycles. The second kappa shape index (κ2) is 5.20. The van der Waals surface area contributed by atoms with Crippen LogP contribution in [0.2, 0.25) is 0 Å². The number of hydrogen-bond donors (Lipinski definition) is 1. The van der Waals surface area contributed by atoms with Crippen molar-refractivity contribution in [3.05, 3.63) is 0 Å². The fourth-order valence-corrected chi connectivity index (χ4v) is 5.57. The Hall–Kier alpha value is -0.130. The predicted octanol–water partition coefficient (Wildman–Crippen LogP) is 2.96. The predicted molar refractivity (Wildman–Crippen MR) is 83.4 cm³/mol. The van der Waals surface area contributed by atoms with Gasteiger partial charge in [-0.2, -0.15) is 8.42 Å². The van der Waals surface area contributed by atoms with Gasteiger partial charge < -0.3 is 5.11 Å². The normalized spacial score (nSPS) is 43.3. The van der Waals surface area contributed by atoms with Crippen molar-refractivity contribution in [2.45, 2.75) is 65.4 Å². The molecular formula is C16H30O4S. The summed E-state index contributed by atoms with van der Waals surface area (Å²) in [5.41, 5.74) is -0.676. The van der Waals surface area contributed by atoms with E-state index in [0.29, 0.717) is 12.3 Å². The van der Waals surface area contributed by atoms with Gasteiger partial charge in [0.15, 0.2) is 0 Å². The summed E-state index contributed by atoms with van der Waals surface area (Å²) >= 11 is 0. The fourth-order valence-electron chi connectivity index (χ4n) is 5.19. The molecule has 0 heterocycles. The average molecular weight is 318 g/mol. The number of hydrogen-bond acceptors (Lipinski definition) is 4. The first kappa shape index (κ1) is 17.2. The zero-order valence-corrected chi connectivity index (χ0v) is 14.8. The second-order valence-corrected chi connectivity index (χ2v) is 9.98. The third-order valence-corrected chi connectivity index (χ3v) is 6.77. The maximum Gasteiger partial charge on any atom is 0.264 e. The molecule has 2 saturated carbocycles. The smallest absolute Gasteiger partial charge is 0.264 e. The van der Waals surface area contributed by atoms with Crippen LogP contribution in [0.3, 0.4) is 0 Å². The molecule has 4 atom stereocenters. The molecular weight excluding hydrogens is 288 g/mol. The molecule has 0 radical (unpaired) electrons. The Morgan fingerprint density at radius 1 is 1.14 bits per heavy atom. The summed E-state index contributed by atoms with van der Waals surface area (Å²) in [4.78, 5) is 0. The van der Waals surface area contributed by atoms with Crippen LogP contribution < -0.4 is 0 Å². The van der Waals surface area contributed by atoms with Gasteiger partial charge in [0.2, 0.25) is 0 Å². The van der Waals surface area contributed by atoms with E-state index < -0.39 is 15.7 Å². The van der Waals surface area contributed by atoms with Crippen LogP contribution >= 0.6 is 0 Å². The lowest BCUT2D eigenvalue weighted by atomic mass is 9.46. The van der Waals surface area contributed by atoms with E-state index in [4.69, 9.17) is 4.18 Å². The molecule has 2 aliphatic rings. The zero-order valence-electron chi connectivity index (χ0n) is 14.0. The zero-order chi connectivity index (χ0) is 16.1. The van der Waals surface area contributed by atoms with Gasteiger partial charge in [0.25, 0.3) is 10.1 Å². The van der Waals surface area contributed by atoms with Gasteiger partial charge in [0.1, 0.15) is 0 Å². The van der Waals surface area contributed by atoms with E-state index in [1.54, 1.807) is 0 Å². The van der Waals surface area contributed by atoms with Crippen LogP contribution in [0.15, 0.2) is 0 Å². The fraction of sp³-hybridized carbons (Fsp3) is 1.00. The third-order valence-electron chi connectivity index (χ3n) is 6.21.